The van der Waals surface area contributed by atoms with Gasteiger partial charge < -0.3 is 9.30 Å². The molecule has 0 saturated heterocycles. The van der Waals surface area contributed by atoms with Crippen molar-refractivity contribution < 1.29 is 14.1 Å². The predicted octanol–water partition coefficient (Wildman–Crippen LogP) is 1.91. The molecule has 11 heavy (non-hydrogen) atoms. The van der Waals surface area contributed by atoms with Crippen LogP contribution in [-0.2, 0) is 14.1 Å². The van der Waals surface area contributed by atoms with Crippen LogP contribution in [0.5, 0.6) is 0 Å². The molecule has 0 aliphatic carbocycles. The summed E-state index contributed by atoms with van der Waals surface area (Å²) in [5.41, 5.74) is 0. The van der Waals surface area contributed by atoms with Crippen LogP contribution in [0.2, 0.25) is 0 Å². The summed E-state index contributed by atoms with van der Waals surface area (Å²) in [6.07, 6.45) is 1.32. The lowest BCUT2D eigenvalue weighted by Crippen LogP contribution is -2.04. The SMILES string of the molecule is CCP(=O)(CC)COC(C)=O. The van der Waals surface area contributed by atoms with E-state index in [0.29, 0.717) is 12.3 Å². The van der Waals surface area contributed by atoms with Crippen molar-refractivity contribution in [1.29, 1.82) is 0 Å². The summed E-state index contributed by atoms with van der Waals surface area (Å²) in [7, 11) is -2.18. The fraction of sp³-hybridized carbons (Fsp3) is 0.857. The lowest BCUT2D eigenvalue weighted by Gasteiger charge is -2.12. The summed E-state index contributed by atoms with van der Waals surface area (Å²) in [5.74, 6) is -0.355. The van der Waals surface area contributed by atoms with E-state index >= 15 is 0 Å². The molecular weight excluding hydrogens is 163 g/mol. The van der Waals surface area contributed by atoms with Crippen LogP contribution in [0.1, 0.15) is 20.8 Å². The van der Waals surface area contributed by atoms with E-state index in [4.69, 9.17) is 0 Å². The van der Waals surface area contributed by atoms with Gasteiger partial charge in [-0.25, -0.2) is 0 Å². The van der Waals surface area contributed by atoms with Crippen molar-refractivity contribution >= 4 is 13.1 Å². The number of hydrogen-bond donors (Lipinski definition) is 0. The zero-order chi connectivity index (χ0) is 8.91. The summed E-state index contributed by atoms with van der Waals surface area (Å²) in [5, 5.41) is 0. The topological polar surface area (TPSA) is 43.4 Å². The van der Waals surface area contributed by atoms with Crippen molar-refractivity contribution in [3.63, 3.8) is 0 Å². The number of carbonyl (C=O) groups excluding carboxylic acids is 1. The van der Waals surface area contributed by atoms with Crippen molar-refractivity contribution in [2.45, 2.75) is 20.8 Å². The summed E-state index contributed by atoms with van der Waals surface area (Å²) in [6, 6.07) is 0. The van der Waals surface area contributed by atoms with Crippen molar-refractivity contribution in [1.82, 2.24) is 0 Å². The van der Waals surface area contributed by atoms with Crippen LogP contribution in [0.4, 0.5) is 0 Å². The largest absolute Gasteiger partial charge is 0.458 e. The molecule has 4 heteroatoms. The molecule has 0 bridgehead atoms. The molecule has 0 aliphatic rings. The monoisotopic (exact) mass is 178 g/mol. The second-order valence-corrected chi connectivity index (χ2v) is 6.09. The quantitative estimate of drug-likeness (QED) is 0.487. The number of esters is 1. The van der Waals surface area contributed by atoms with E-state index in [0.717, 1.165) is 0 Å². The molecule has 0 rings (SSSR count). The third kappa shape index (κ3) is 4.20. The van der Waals surface area contributed by atoms with Gasteiger partial charge in [-0.2, -0.15) is 0 Å². The Hall–Kier alpha value is -0.300. The van der Waals surface area contributed by atoms with Gasteiger partial charge in [-0.05, 0) is 0 Å². The van der Waals surface area contributed by atoms with E-state index in [2.05, 4.69) is 4.74 Å². The number of rotatable bonds is 4. The molecule has 0 atom stereocenters. The Labute approximate surface area is 67.5 Å². The van der Waals surface area contributed by atoms with Gasteiger partial charge >= 0.3 is 5.97 Å². The zero-order valence-corrected chi connectivity index (χ0v) is 8.19. The van der Waals surface area contributed by atoms with Crippen molar-refractivity contribution in [3.8, 4) is 0 Å². The Morgan fingerprint density at radius 3 is 2.09 bits per heavy atom. The van der Waals surface area contributed by atoms with Gasteiger partial charge in [-0.1, -0.05) is 13.8 Å². The minimum atomic E-state index is -2.18. The predicted molar refractivity (Wildman–Crippen MR) is 45.3 cm³/mol. The molecule has 0 heterocycles. The molecule has 0 N–H and O–H groups in total. The van der Waals surface area contributed by atoms with E-state index in [-0.39, 0.29) is 12.3 Å². The summed E-state index contributed by atoms with van der Waals surface area (Å²) in [4.78, 5) is 10.4. The molecular formula is C7H15O3P. The third-order valence-electron chi connectivity index (χ3n) is 1.66. The number of carbonyl (C=O) groups is 1. The van der Waals surface area contributed by atoms with Gasteiger partial charge in [-0.15, -0.1) is 0 Å². The standard InChI is InChI=1S/C7H15O3P/c1-4-11(9,5-2)6-10-7(3)8/h4-6H2,1-3H3. The Kier molecular flexibility index (Phi) is 4.43. The lowest BCUT2D eigenvalue weighted by atomic mass is 10.8. The highest BCUT2D eigenvalue weighted by molar-refractivity contribution is 7.63. The maximum absolute atomic E-state index is 11.6. The number of hydrogen-bond acceptors (Lipinski definition) is 3. The fourth-order valence-corrected chi connectivity index (χ4v) is 1.84. The first-order valence-corrected chi connectivity index (χ1v) is 6.00. The van der Waals surface area contributed by atoms with E-state index in [1.165, 1.54) is 6.92 Å². The fourth-order valence-electron chi connectivity index (χ4n) is 0.615. The maximum atomic E-state index is 11.6. The molecule has 0 aliphatic heterocycles. The first kappa shape index (κ1) is 10.7. The average molecular weight is 178 g/mol. The van der Waals surface area contributed by atoms with Gasteiger partial charge in [0.1, 0.15) is 13.5 Å². The Morgan fingerprint density at radius 1 is 1.36 bits per heavy atom. The maximum Gasteiger partial charge on any atom is 0.303 e. The molecule has 0 spiro atoms. The second kappa shape index (κ2) is 4.55. The highest BCUT2D eigenvalue weighted by Gasteiger charge is 2.17. The van der Waals surface area contributed by atoms with Crippen molar-refractivity contribution in [2.75, 3.05) is 18.7 Å². The van der Waals surface area contributed by atoms with Crippen LogP contribution in [0.25, 0.3) is 0 Å². The molecule has 0 aromatic heterocycles. The molecule has 3 nitrogen and oxygen atoms in total. The van der Waals surface area contributed by atoms with E-state index in [9.17, 15) is 9.36 Å². The lowest BCUT2D eigenvalue weighted by molar-refractivity contribution is -0.139. The Morgan fingerprint density at radius 2 is 1.82 bits per heavy atom. The first-order chi connectivity index (χ1) is 5.04. The Balaban J connectivity index is 3.89. The van der Waals surface area contributed by atoms with Gasteiger partial charge in [-0.3, -0.25) is 4.79 Å². The van der Waals surface area contributed by atoms with Gasteiger partial charge in [0.05, 0.1) is 0 Å². The number of ether oxygens (including phenoxy) is 1. The molecule has 66 valence electrons. The van der Waals surface area contributed by atoms with E-state index in [1.807, 2.05) is 13.8 Å². The normalized spacial score (nSPS) is 11.2. The van der Waals surface area contributed by atoms with Crippen molar-refractivity contribution in [3.05, 3.63) is 0 Å². The molecule has 0 radical (unpaired) electrons. The smallest absolute Gasteiger partial charge is 0.303 e. The molecule has 0 aromatic carbocycles. The van der Waals surface area contributed by atoms with Crippen LogP contribution < -0.4 is 0 Å². The van der Waals surface area contributed by atoms with Crippen LogP contribution in [-0.4, -0.2) is 24.6 Å². The van der Waals surface area contributed by atoms with Crippen molar-refractivity contribution in [2.24, 2.45) is 0 Å². The van der Waals surface area contributed by atoms with E-state index in [1.54, 1.807) is 0 Å². The molecule has 0 fully saturated rings. The molecule has 0 amide bonds. The van der Waals surface area contributed by atoms with Crippen LogP contribution >= 0.6 is 7.14 Å². The highest BCUT2D eigenvalue weighted by atomic mass is 31.2. The average Bonchev–Trinajstić information content (AvgIpc) is 2.00. The van der Waals surface area contributed by atoms with Crippen LogP contribution in [0.15, 0.2) is 0 Å². The molecule has 0 aromatic rings. The van der Waals surface area contributed by atoms with Gasteiger partial charge in [0.2, 0.25) is 0 Å². The van der Waals surface area contributed by atoms with Gasteiger partial charge in [0.15, 0.2) is 0 Å². The minimum absolute atomic E-state index is 0.106. The summed E-state index contributed by atoms with van der Waals surface area (Å²) < 4.78 is 16.3. The van der Waals surface area contributed by atoms with Gasteiger partial charge in [0.25, 0.3) is 0 Å². The molecule has 0 saturated carbocycles. The summed E-state index contributed by atoms with van der Waals surface area (Å²) >= 11 is 0. The summed E-state index contributed by atoms with van der Waals surface area (Å²) in [6.45, 7) is 5.04. The highest BCUT2D eigenvalue weighted by Crippen LogP contribution is 2.44. The Bertz CT molecular complexity index is 169. The zero-order valence-electron chi connectivity index (χ0n) is 7.29. The first-order valence-electron chi connectivity index (χ1n) is 3.74. The molecule has 0 unspecified atom stereocenters. The van der Waals surface area contributed by atoms with Crippen LogP contribution in [0, 0.1) is 0 Å². The van der Waals surface area contributed by atoms with E-state index < -0.39 is 7.14 Å². The second-order valence-electron chi connectivity index (χ2n) is 2.46. The van der Waals surface area contributed by atoms with Gasteiger partial charge in [0, 0.05) is 19.2 Å². The minimum Gasteiger partial charge on any atom is -0.458 e. The van der Waals surface area contributed by atoms with Crippen LogP contribution in [0.3, 0.4) is 0 Å². The third-order valence-corrected chi connectivity index (χ3v) is 4.56.